The fourth-order valence-corrected chi connectivity index (χ4v) is 1.38. The molecule has 0 radical (unpaired) electrons. The third-order valence-electron chi connectivity index (χ3n) is 2.34. The standard InChI is InChI=1S/C12H22O/c1-3-5-6-7-8-9-10-12(4-2)11-13/h4,11H,3,5-10H2,1-2H3/b12-4+. The lowest BCUT2D eigenvalue weighted by molar-refractivity contribution is -0.105. The Morgan fingerprint density at radius 3 is 2.23 bits per heavy atom. The molecule has 0 N–H and O–H groups in total. The van der Waals surface area contributed by atoms with Crippen molar-refractivity contribution >= 4 is 6.29 Å². The van der Waals surface area contributed by atoms with Crippen LogP contribution in [0, 0.1) is 0 Å². The largest absolute Gasteiger partial charge is 0.298 e. The number of aldehydes is 1. The van der Waals surface area contributed by atoms with Crippen LogP contribution < -0.4 is 0 Å². The first-order valence-corrected chi connectivity index (χ1v) is 5.45. The highest BCUT2D eigenvalue weighted by atomic mass is 16.1. The van der Waals surface area contributed by atoms with Gasteiger partial charge in [0.25, 0.3) is 0 Å². The third-order valence-corrected chi connectivity index (χ3v) is 2.34. The molecule has 0 atom stereocenters. The molecule has 13 heavy (non-hydrogen) atoms. The van der Waals surface area contributed by atoms with Gasteiger partial charge in [-0.3, -0.25) is 4.79 Å². The summed E-state index contributed by atoms with van der Waals surface area (Å²) in [6.07, 6.45) is 11.6. The van der Waals surface area contributed by atoms with Crippen LogP contribution in [-0.2, 0) is 4.79 Å². The summed E-state index contributed by atoms with van der Waals surface area (Å²) in [6, 6.07) is 0. The molecule has 1 nitrogen and oxygen atoms in total. The van der Waals surface area contributed by atoms with Crippen molar-refractivity contribution in [1.29, 1.82) is 0 Å². The van der Waals surface area contributed by atoms with E-state index >= 15 is 0 Å². The third kappa shape index (κ3) is 7.76. The van der Waals surface area contributed by atoms with Gasteiger partial charge in [0, 0.05) is 0 Å². The fraction of sp³-hybridized carbons (Fsp3) is 0.750. The van der Waals surface area contributed by atoms with Crippen molar-refractivity contribution in [3.63, 3.8) is 0 Å². The number of carbonyl (C=O) groups excluding carboxylic acids is 1. The molecule has 0 amide bonds. The van der Waals surface area contributed by atoms with Crippen molar-refractivity contribution in [2.24, 2.45) is 0 Å². The van der Waals surface area contributed by atoms with Crippen LogP contribution in [0.2, 0.25) is 0 Å². The molecule has 0 spiro atoms. The topological polar surface area (TPSA) is 17.1 Å². The Labute approximate surface area is 82.2 Å². The number of hydrogen-bond acceptors (Lipinski definition) is 1. The van der Waals surface area contributed by atoms with Gasteiger partial charge in [-0.25, -0.2) is 0 Å². The number of unbranched alkanes of at least 4 members (excludes halogenated alkanes) is 5. The zero-order valence-corrected chi connectivity index (χ0v) is 9.01. The molecule has 0 bridgehead atoms. The minimum Gasteiger partial charge on any atom is -0.298 e. The first kappa shape index (κ1) is 12.4. The zero-order chi connectivity index (χ0) is 9.94. The van der Waals surface area contributed by atoms with E-state index in [9.17, 15) is 4.79 Å². The van der Waals surface area contributed by atoms with Gasteiger partial charge in [0.05, 0.1) is 0 Å². The number of hydrogen-bond donors (Lipinski definition) is 0. The summed E-state index contributed by atoms with van der Waals surface area (Å²) in [4.78, 5) is 10.4. The van der Waals surface area contributed by atoms with Crippen LogP contribution in [0.15, 0.2) is 11.6 Å². The Morgan fingerprint density at radius 1 is 1.08 bits per heavy atom. The maximum absolute atomic E-state index is 10.4. The first-order valence-electron chi connectivity index (χ1n) is 5.45. The quantitative estimate of drug-likeness (QED) is 0.316. The minimum absolute atomic E-state index is 0.954. The van der Waals surface area contributed by atoms with E-state index in [0.29, 0.717) is 0 Å². The summed E-state index contributed by atoms with van der Waals surface area (Å²) in [5, 5.41) is 0. The van der Waals surface area contributed by atoms with Crippen LogP contribution in [0.3, 0.4) is 0 Å². The van der Waals surface area contributed by atoms with Gasteiger partial charge in [-0.05, 0) is 25.3 Å². The molecule has 1 heteroatoms. The monoisotopic (exact) mass is 182 g/mol. The van der Waals surface area contributed by atoms with Crippen LogP contribution in [0.1, 0.15) is 58.8 Å². The van der Waals surface area contributed by atoms with Crippen LogP contribution in [-0.4, -0.2) is 6.29 Å². The van der Waals surface area contributed by atoms with E-state index < -0.39 is 0 Å². The van der Waals surface area contributed by atoms with Crippen molar-refractivity contribution < 1.29 is 4.79 Å². The normalized spacial score (nSPS) is 11.7. The molecule has 0 fully saturated rings. The van der Waals surface area contributed by atoms with Gasteiger partial charge in [-0.15, -0.1) is 0 Å². The van der Waals surface area contributed by atoms with Gasteiger partial charge in [-0.2, -0.15) is 0 Å². The molecular weight excluding hydrogens is 160 g/mol. The average Bonchev–Trinajstić information content (AvgIpc) is 2.17. The Hall–Kier alpha value is -0.590. The van der Waals surface area contributed by atoms with E-state index in [4.69, 9.17) is 0 Å². The molecule has 76 valence electrons. The van der Waals surface area contributed by atoms with E-state index in [1.165, 1.54) is 38.5 Å². The maximum atomic E-state index is 10.4. The molecule has 0 aromatic heterocycles. The number of rotatable bonds is 8. The van der Waals surface area contributed by atoms with E-state index in [0.717, 1.165) is 18.3 Å². The summed E-state index contributed by atoms with van der Waals surface area (Å²) < 4.78 is 0. The summed E-state index contributed by atoms with van der Waals surface area (Å²) in [5.41, 5.74) is 0.954. The SMILES string of the molecule is C/C=C(/C=O)CCCCCCCC. The summed E-state index contributed by atoms with van der Waals surface area (Å²) in [5.74, 6) is 0. The van der Waals surface area contributed by atoms with E-state index in [2.05, 4.69) is 6.92 Å². The molecule has 0 saturated carbocycles. The van der Waals surface area contributed by atoms with Crippen LogP contribution in [0.25, 0.3) is 0 Å². The van der Waals surface area contributed by atoms with Gasteiger partial charge in [0.1, 0.15) is 6.29 Å². The molecule has 0 rings (SSSR count). The van der Waals surface area contributed by atoms with Crippen LogP contribution >= 0.6 is 0 Å². The van der Waals surface area contributed by atoms with E-state index in [1.807, 2.05) is 13.0 Å². The zero-order valence-electron chi connectivity index (χ0n) is 9.01. The van der Waals surface area contributed by atoms with Crippen molar-refractivity contribution in [1.82, 2.24) is 0 Å². The Bertz CT molecular complexity index is 147. The molecule has 0 saturated heterocycles. The van der Waals surface area contributed by atoms with Crippen molar-refractivity contribution in [2.75, 3.05) is 0 Å². The second-order valence-corrected chi connectivity index (χ2v) is 3.50. The average molecular weight is 182 g/mol. The lowest BCUT2D eigenvalue weighted by atomic mass is 10.1. The second-order valence-electron chi connectivity index (χ2n) is 3.50. The fourth-order valence-electron chi connectivity index (χ4n) is 1.38. The Morgan fingerprint density at radius 2 is 1.69 bits per heavy atom. The van der Waals surface area contributed by atoms with Gasteiger partial charge >= 0.3 is 0 Å². The highest BCUT2D eigenvalue weighted by Crippen LogP contribution is 2.10. The summed E-state index contributed by atoms with van der Waals surface area (Å²) >= 11 is 0. The molecular formula is C12H22O. The highest BCUT2D eigenvalue weighted by molar-refractivity contribution is 5.72. The second kappa shape index (κ2) is 9.50. The molecule has 0 aliphatic rings. The molecule has 0 heterocycles. The predicted octanol–water partition coefficient (Wildman–Crippen LogP) is 3.88. The Balaban J connectivity index is 3.20. The van der Waals surface area contributed by atoms with E-state index in [-0.39, 0.29) is 0 Å². The Kier molecular flexibility index (Phi) is 9.07. The van der Waals surface area contributed by atoms with Crippen molar-refractivity contribution in [3.05, 3.63) is 11.6 Å². The summed E-state index contributed by atoms with van der Waals surface area (Å²) in [6.45, 7) is 4.16. The van der Waals surface area contributed by atoms with Gasteiger partial charge in [-0.1, -0.05) is 45.1 Å². The maximum Gasteiger partial charge on any atom is 0.145 e. The van der Waals surface area contributed by atoms with Crippen LogP contribution in [0.4, 0.5) is 0 Å². The number of carbonyl (C=O) groups is 1. The molecule has 0 aliphatic heterocycles. The van der Waals surface area contributed by atoms with E-state index in [1.54, 1.807) is 0 Å². The lowest BCUT2D eigenvalue weighted by Crippen LogP contribution is -1.85. The minimum atomic E-state index is 0.954. The van der Waals surface area contributed by atoms with Crippen LogP contribution in [0.5, 0.6) is 0 Å². The molecule has 0 aromatic carbocycles. The highest BCUT2D eigenvalue weighted by Gasteiger charge is 1.94. The van der Waals surface area contributed by atoms with Gasteiger partial charge in [0.2, 0.25) is 0 Å². The van der Waals surface area contributed by atoms with Crippen molar-refractivity contribution in [2.45, 2.75) is 58.8 Å². The molecule has 0 unspecified atom stereocenters. The first-order chi connectivity index (χ1) is 6.35. The molecule has 0 aromatic rings. The predicted molar refractivity (Wildman–Crippen MR) is 57.8 cm³/mol. The smallest absolute Gasteiger partial charge is 0.145 e. The summed E-state index contributed by atoms with van der Waals surface area (Å²) in [7, 11) is 0. The van der Waals surface area contributed by atoms with Gasteiger partial charge in [0.15, 0.2) is 0 Å². The van der Waals surface area contributed by atoms with Crippen molar-refractivity contribution in [3.8, 4) is 0 Å². The number of allylic oxidation sites excluding steroid dienone is 2. The molecule has 0 aliphatic carbocycles. The lowest BCUT2D eigenvalue weighted by Gasteiger charge is -2.00. The van der Waals surface area contributed by atoms with Gasteiger partial charge < -0.3 is 0 Å².